The summed E-state index contributed by atoms with van der Waals surface area (Å²) < 4.78 is 3.20. The molecule has 1 aromatic heterocycles. The zero-order chi connectivity index (χ0) is 22.5. The van der Waals surface area contributed by atoms with Gasteiger partial charge in [-0.05, 0) is 37.4 Å². The smallest absolute Gasteiger partial charge is 0.292 e. The predicted molar refractivity (Wildman–Crippen MR) is 133 cm³/mol. The van der Waals surface area contributed by atoms with Crippen molar-refractivity contribution in [1.29, 1.82) is 0 Å². The maximum absolute atomic E-state index is 13.5. The van der Waals surface area contributed by atoms with Crippen LogP contribution in [0.15, 0.2) is 77.6 Å². The summed E-state index contributed by atoms with van der Waals surface area (Å²) in [4.78, 5) is 15.9. The third kappa shape index (κ3) is 4.62. The lowest BCUT2D eigenvalue weighted by Gasteiger charge is -2.15. The molecule has 5 nitrogen and oxygen atoms in total. The molecule has 3 aromatic carbocycles. The van der Waals surface area contributed by atoms with Crippen molar-refractivity contribution in [1.82, 2.24) is 19.2 Å². The van der Waals surface area contributed by atoms with Crippen molar-refractivity contribution < 1.29 is 0 Å². The van der Waals surface area contributed by atoms with Gasteiger partial charge >= 0.3 is 5.69 Å². The fraction of sp³-hybridized carbons (Fsp3) is 0.286. The van der Waals surface area contributed by atoms with Gasteiger partial charge in [-0.15, -0.1) is 5.10 Å². The Labute approximate surface area is 194 Å². The Kier molecular flexibility index (Phi) is 6.37. The van der Waals surface area contributed by atoms with E-state index in [0.29, 0.717) is 5.82 Å². The molecule has 0 atom stereocenters. The van der Waals surface area contributed by atoms with Gasteiger partial charge in [0, 0.05) is 10.9 Å². The molecule has 0 amide bonds. The van der Waals surface area contributed by atoms with Crippen LogP contribution in [0.2, 0.25) is 0 Å². The third-order valence-corrected chi connectivity index (χ3v) is 6.23. The number of rotatable bonds is 4. The monoisotopic (exact) mass is 436 g/mol. The van der Waals surface area contributed by atoms with Gasteiger partial charge in [-0.1, -0.05) is 91.4 Å². The zero-order valence-electron chi connectivity index (χ0n) is 18.8. The number of aromatic nitrogens is 3. The van der Waals surface area contributed by atoms with Crippen LogP contribution in [-0.2, 0) is 6.54 Å². The molecule has 1 aliphatic heterocycles. The highest BCUT2D eigenvalue weighted by Crippen LogP contribution is 2.25. The molecule has 33 heavy (non-hydrogen) atoms. The van der Waals surface area contributed by atoms with E-state index in [0.717, 1.165) is 41.7 Å². The lowest BCUT2D eigenvalue weighted by Crippen LogP contribution is -2.25. The molecule has 5 rings (SSSR count). The summed E-state index contributed by atoms with van der Waals surface area (Å²) in [6, 6.07) is 24.0. The van der Waals surface area contributed by atoms with Gasteiger partial charge in [-0.25, -0.2) is 14.0 Å². The topological polar surface area (TPSA) is 43.1 Å². The molecule has 2 heterocycles. The minimum absolute atomic E-state index is 0.172. The standard InChI is InChI=1S/C28H28N4O/c33-28-31(22-11-10-21-30-19-8-1-2-9-20-30)29-27(24-14-4-3-5-15-24)32(28)26-18-12-16-23-13-6-7-17-25(23)26/h3-7,12-18H,1-2,8-9,19-22H2. The molecule has 0 aliphatic carbocycles. The van der Waals surface area contributed by atoms with Crippen LogP contribution in [0.3, 0.4) is 0 Å². The highest BCUT2D eigenvalue weighted by molar-refractivity contribution is 5.90. The molecule has 166 valence electrons. The summed E-state index contributed by atoms with van der Waals surface area (Å²) >= 11 is 0. The molecule has 0 spiro atoms. The van der Waals surface area contributed by atoms with Crippen molar-refractivity contribution in [2.24, 2.45) is 0 Å². The van der Waals surface area contributed by atoms with Gasteiger partial charge in [0.25, 0.3) is 0 Å². The Hall–Kier alpha value is -3.62. The van der Waals surface area contributed by atoms with Gasteiger partial charge in [-0.3, -0.25) is 4.90 Å². The van der Waals surface area contributed by atoms with Gasteiger partial charge < -0.3 is 0 Å². The Morgan fingerprint density at radius 2 is 1.45 bits per heavy atom. The van der Waals surface area contributed by atoms with Crippen molar-refractivity contribution in [3.8, 4) is 28.9 Å². The van der Waals surface area contributed by atoms with Crippen LogP contribution in [-0.4, -0.2) is 38.9 Å². The number of fused-ring (bicyclic) bond motifs is 1. The molecular formula is C28H28N4O. The second kappa shape index (κ2) is 9.89. The summed E-state index contributed by atoms with van der Waals surface area (Å²) in [6.07, 6.45) is 5.12. The van der Waals surface area contributed by atoms with Gasteiger partial charge in [0.15, 0.2) is 5.82 Å². The highest BCUT2D eigenvalue weighted by Gasteiger charge is 2.18. The van der Waals surface area contributed by atoms with Gasteiger partial charge in [0.1, 0.15) is 6.54 Å². The molecule has 1 fully saturated rings. The molecule has 0 unspecified atom stereocenters. The first-order valence-electron chi connectivity index (χ1n) is 11.7. The second-order valence-electron chi connectivity index (χ2n) is 8.51. The minimum Gasteiger partial charge on any atom is -0.292 e. The molecule has 0 bridgehead atoms. The second-order valence-corrected chi connectivity index (χ2v) is 8.51. The van der Waals surface area contributed by atoms with E-state index in [1.165, 1.54) is 30.4 Å². The van der Waals surface area contributed by atoms with E-state index in [1.54, 1.807) is 4.57 Å². The number of hydrogen-bond acceptors (Lipinski definition) is 3. The van der Waals surface area contributed by atoms with Crippen molar-refractivity contribution in [2.45, 2.75) is 32.2 Å². The van der Waals surface area contributed by atoms with Crippen molar-refractivity contribution in [2.75, 3.05) is 19.6 Å². The van der Waals surface area contributed by atoms with E-state index in [2.05, 4.69) is 28.9 Å². The third-order valence-electron chi connectivity index (χ3n) is 6.23. The molecular weight excluding hydrogens is 408 g/mol. The first kappa shape index (κ1) is 21.2. The molecule has 0 N–H and O–H groups in total. The van der Waals surface area contributed by atoms with E-state index < -0.39 is 0 Å². The Morgan fingerprint density at radius 3 is 2.27 bits per heavy atom. The van der Waals surface area contributed by atoms with Crippen LogP contribution < -0.4 is 5.69 Å². The number of nitrogens with zero attached hydrogens (tertiary/aromatic N) is 4. The first-order chi connectivity index (χ1) is 16.3. The Balaban J connectivity index is 1.51. The first-order valence-corrected chi connectivity index (χ1v) is 11.7. The normalized spacial score (nSPS) is 14.5. The molecule has 0 saturated carbocycles. The quantitative estimate of drug-likeness (QED) is 0.434. The van der Waals surface area contributed by atoms with Crippen LogP contribution in [0, 0.1) is 11.8 Å². The van der Waals surface area contributed by atoms with Crippen LogP contribution in [0.1, 0.15) is 25.7 Å². The SMILES string of the molecule is O=c1n(CC#CCN2CCCCCC2)nc(-c2ccccc2)n1-c1cccc2ccccc12. The summed E-state index contributed by atoms with van der Waals surface area (Å²) in [5, 5.41) is 6.82. The summed E-state index contributed by atoms with van der Waals surface area (Å²) in [5.41, 5.74) is 1.56. The fourth-order valence-electron chi connectivity index (χ4n) is 4.50. The Morgan fingerprint density at radius 1 is 0.758 bits per heavy atom. The summed E-state index contributed by atoms with van der Waals surface area (Å²) in [5.74, 6) is 7.08. The molecule has 4 aromatic rings. The average molecular weight is 437 g/mol. The lowest BCUT2D eigenvalue weighted by atomic mass is 10.1. The van der Waals surface area contributed by atoms with E-state index >= 15 is 0 Å². The molecule has 5 heteroatoms. The van der Waals surface area contributed by atoms with Crippen molar-refractivity contribution in [3.63, 3.8) is 0 Å². The number of likely N-dealkylation sites (tertiary alicyclic amines) is 1. The lowest BCUT2D eigenvalue weighted by molar-refractivity contribution is 0.320. The van der Waals surface area contributed by atoms with Gasteiger partial charge in [-0.2, -0.15) is 0 Å². The summed E-state index contributed by atoms with van der Waals surface area (Å²) in [6.45, 7) is 3.26. The maximum Gasteiger partial charge on any atom is 0.351 e. The van der Waals surface area contributed by atoms with E-state index in [4.69, 9.17) is 5.10 Å². The largest absolute Gasteiger partial charge is 0.351 e. The van der Waals surface area contributed by atoms with E-state index in [-0.39, 0.29) is 12.2 Å². The van der Waals surface area contributed by atoms with Crippen molar-refractivity contribution >= 4 is 10.8 Å². The number of hydrogen-bond donors (Lipinski definition) is 0. The fourth-order valence-corrected chi connectivity index (χ4v) is 4.50. The maximum atomic E-state index is 13.5. The van der Waals surface area contributed by atoms with Gasteiger partial charge in [0.05, 0.1) is 12.2 Å². The van der Waals surface area contributed by atoms with Crippen LogP contribution in [0.25, 0.3) is 27.8 Å². The molecule has 1 saturated heterocycles. The zero-order valence-corrected chi connectivity index (χ0v) is 18.8. The van der Waals surface area contributed by atoms with E-state index in [9.17, 15) is 4.79 Å². The molecule has 1 aliphatic rings. The van der Waals surface area contributed by atoms with Crippen LogP contribution in [0.5, 0.6) is 0 Å². The number of benzene rings is 3. The van der Waals surface area contributed by atoms with E-state index in [1.807, 2.05) is 60.7 Å². The van der Waals surface area contributed by atoms with Crippen molar-refractivity contribution in [3.05, 3.63) is 83.3 Å². The minimum atomic E-state index is -0.172. The predicted octanol–water partition coefficient (Wildman–Crippen LogP) is 4.73. The molecule has 0 radical (unpaired) electrons. The Bertz CT molecular complexity index is 1340. The highest BCUT2D eigenvalue weighted by atomic mass is 16.2. The summed E-state index contributed by atoms with van der Waals surface area (Å²) in [7, 11) is 0. The average Bonchev–Trinajstić information content (AvgIpc) is 3.01. The van der Waals surface area contributed by atoms with Gasteiger partial charge in [0.2, 0.25) is 0 Å². The van der Waals surface area contributed by atoms with Crippen LogP contribution in [0.4, 0.5) is 0 Å². The van der Waals surface area contributed by atoms with Crippen LogP contribution >= 0.6 is 0 Å².